The van der Waals surface area contributed by atoms with Gasteiger partial charge in [-0.3, -0.25) is 9.69 Å². The predicted molar refractivity (Wildman–Crippen MR) is 111 cm³/mol. The number of carbonyl (C=O) groups is 1. The van der Waals surface area contributed by atoms with Crippen molar-refractivity contribution < 1.29 is 22.7 Å². The number of hydrogen-bond donors (Lipinski definition) is 1. The molecule has 1 aromatic carbocycles. The van der Waals surface area contributed by atoms with Gasteiger partial charge in [0.15, 0.2) is 5.82 Å². The number of pyridine rings is 1. The monoisotopic (exact) mass is 448 g/mol. The minimum Gasteiger partial charge on any atom is -0.383 e. The average molecular weight is 448 g/mol. The lowest BCUT2D eigenvalue weighted by molar-refractivity contribution is -0.137. The van der Waals surface area contributed by atoms with E-state index in [0.29, 0.717) is 24.4 Å². The van der Waals surface area contributed by atoms with Crippen LogP contribution in [0.1, 0.15) is 27.2 Å². The summed E-state index contributed by atoms with van der Waals surface area (Å²) in [6, 6.07) is 6.69. The van der Waals surface area contributed by atoms with Crippen LogP contribution in [0.5, 0.6) is 0 Å². The number of halogens is 3. The largest absolute Gasteiger partial charge is 0.416 e. The molecule has 3 rings (SSSR count). The van der Waals surface area contributed by atoms with Crippen molar-refractivity contribution in [3.8, 4) is 5.82 Å². The second-order valence-electron chi connectivity index (χ2n) is 7.27. The van der Waals surface area contributed by atoms with Crippen LogP contribution >= 0.6 is 0 Å². The molecule has 11 heteroatoms. The zero-order valence-electron chi connectivity index (χ0n) is 17.8. The molecule has 170 valence electrons. The minimum atomic E-state index is -4.56. The number of nitrogens with zero attached hydrogens (tertiary/aromatic N) is 5. The Morgan fingerprint density at radius 2 is 2.03 bits per heavy atom. The highest BCUT2D eigenvalue weighted by atomic mass is 19.4. The molecular formula is C21H23F3N6O2. The van der Waals surface area contributed by atoms with Crippen LogP contribution in [0.2, 0.25) is 0 Å². The average Bonchev–Trinajstić information content (AvgIpc) is 3.26. The van der Waals surface area contributed by atoms with Gasteiger partial charge in [0.05, 0.1) is 30.1 Å². The van der Waals surface area contributed by atoms with Crippen molar-refractivity contribution in [2.75, 3.05) is 32.6 Å². The van der Waals surface area contributed by atoms with E-state index in [-0.39, 0.29) is 23.6 Å². The van der Waals surface area contributed by atoms with Gasteiger partial charge in [-0.2, -0.15) is 13.2 Å². The van der Waals surface area contributed by atoms with Crippen molar-refractivity contribution >= 4 is 11.6 Å². The Kier molecular flexibility index (Phi) is 7.21. The quantitative estimate of drug-likeness (QED) is 0.569. The Morgan fingerprint density at radius 3 is 2.69 bits per heavy atom. The van der Waals surface area contributed by atoms with Gasteiger partial charge in [-0.15, -0.1) is 5.10 Å². The van der Waals surface area contributed by atoms with E-state index in [0.717, 1.165) is 12.1 Å². The fourth-order valence-corrected chi connectivity index (χ4v) is 3.07. The first-order chi connectivity index (χ1) is 15.2. The van der Waals surface area contributed by atoms with Gasteiger partial charge in [0.25, 0.3) is 5.91 Å². The number of aryl methyl sites for hydroxylation is 1. The highest BCUT2D eigenvalue weighted by Gasteiger charge is 2.31. The molecule has 0 atom stereocenters. The molecule has 0 radical (unpaired) electrons. The van der Waals surface area contributed by atoms with Crippen molar-refractivity contribution in [2.24, 2.45) is 0 Å². The summed E-state index contributed by atoms with van der Waals surface area (Å²) in [6.45, 7) is 3.00. The van der Waals surface area contributed by atoms with Crippen molar-refractivity contribution in [3.05, 3.63) is 65.1 Å². The fourth-order valence-electron chi connectivity index (χ4n) is 3.07. The van der Waals surface area contributed by atoms with Crippen LogP contribution < -0.4 is 5.32 Å². The predicted octanol–water partition coefficient (Wildman–Crippen LogP) is 3.32. The van der Waals surface area contributed by atoms with Gasteiger partial charge < -0.3 is 10.1 Å². The maximum Gasteiger partial charge on any atom is 0.416 e. The molecule has 0 spiro atoms. The minimum absolute atomic E-state index is 0.0325. The van der Waals surface area contributed by atoms with Crippen LogP contribution in [0.4, 0.5) is 18.9 Å². The lowest BCUT2D eigenvalue weighted by Gasteiger charge is -2.19. The number of aromatic nitrogens is 4. The first-order valence-corrected chi connectivity index (χ1v) is 9.71. The van der Waals surface area contributed by atoms with E-state index in [1.165, 1.54) is 23.1 Å². The van der Waals surface area contributed by atoms with Crippen molar-refractivity contribution in [2.45, 2.75) is 19.6 Å². The summed E-state index contributed by atoms with van der Waals surface area (Å²) in [4.78, 5) is 19.1. The number of benzene rings is 1. The highest BCUT2D eigenvalue weighted by molar-refractivity contribution is 6.06. The summed E-state index contributed by atoms with van der Waals surface area (Å²) in [6.07, 6.45) is -1.60. The van der Waals surface area contributed by atoms with Gasteiger partial charge in [-0.25, -0.2) is 9.67 Å². The number of nitrogens with one attached hydrogen (secondary N) is 1. The second kappa shape index (κ2) is 9.88. The number of rotatable bonds is 8. The molecule has 0 unspecified atom stereocenters. The third-order valence-electron chi connectivity index (χ3n) is 4.61. The first kappa shape index (κ1) is 23.4. The third-order valence-corrected chi connectivity index (χ3v) is 4.61. The summed E-state index contributed by atoms with van der Waals surface area (Å²) in [5, 5.41) is 10.1. The Morgan fingerprint density at radius 1 is 1.25 bits per heavy atom. The van der Waals surface area contributed by atoms with Gasteiger partial charge in [-0.1, -0.05) is 5.21 Å². The number of likely N-dealkylation sites (N-methyl/N-ethyl adjacent to an activating group) is 1. The summed E-state index contributed by atoms with van der Waals surface area (Å²) in [5.41, 5.74) is 0.395. The van der Waals surface area contributed by atoms with E-state index in [1.807, 2.05) is 4.90 Å². The molecule has 2 heterocycles. The molecule has 0 aliphatic carbocycles. The van der Waals surface area contributed by atoms with Gasteiger partial charge in [-0.05, 0) is 49.9 Å². The van der Waals surface area contributed by atoms with Crippen molar-refractivity contribution in [1.82, 2.24) is 24.9 Å². The van der Waals surface area contributed by atoms with Gasteiger partial charge in [0, 0.05) is 31.6 Å². The second-order valence-corrected chi connectivity index (χ2v) is 7.27. The molecular weight excluding hydrogens is 425 g/mol. The van der Waals surface area contributed by atoms with Gasteiger partial charge in [0.2, 0.25) is 0 Å². The van der Waals surface area contributed by atoms with E-state index in [4.69, 9.17) is 4.74 Å². The Labute approximate surface area is 183 Å². The molecule has 1 amide bonds. The summed E-state index contributed by atoms with van der Waals surface area (Å²) in [7, 11) is 3.33. The zero-order chi connectivity index (χ0) is 23.3. The molecule has 0 aliphatic rings. The molecule has 0 saturated heterocycles. The Balaban J connectivity index is 1.91. The van der Waals surface area contributed by atoms with E-state index in [2.05, 4.69) is 20.6 Å². The number of methoxy groups -OCH3 is 1. The maximum absolute atomic E-state index is 13.5. The third kappa shape index (κ3) is 5.89. The smallest absolute Gasteiger partial charge is 0.383 e. The number of ether oxygens (including phenoxy) is 1. The van der Waals surface area contributed by atoms with Crippen LogP contribution in [0.3, 0.4) is 0 Å². The van der Waals surface area contributed by atoms with Crippen LogP contribution in [0.15, 0.2) is 42.7 Å². The number of alkyl halides is 3. The number of anilines is 1. The molecule has 0 saturated carbocycles. The van der Waals surface area contributed by atoms with Gasteiger partial charge >= 0.3 is 6.18 Å². The number of carbonyl (C=O) groups excluding carboxylic acids is 1. The van der Waals surface area contributed by atoms with Crippen LogP contribution in [0.25, 0.3) is 5.82 Å². The molecule has 0 aliphatic heterocycles. The standard InChI is InChI=1S/C21H23F3N6O2/c1-14-4-5-18(19(26-14)30-7-6-25-28-30)20(31)27-17-11-15(13-29(2)8-9-32-3)10-16(12-17)21(22,23)24/h4-7,10-12H,8-9,13H2,1-3H3,(H,27,31). The van der Waals surface area contributed by atoms with Crippen molar-refractivity contribution in [3.63, 3.8) is 0 Å². The lowest BCUT2D eigenvalue weighted by Crippen LogP contribution is -2.23. The lowest BCUT2D eigenvalue weighted by atomic mass is 10.1. The molecule has 2 aromatic heterocycles. The zero-order valence-corrected chi connectivity index (χ0v) is 17.8. The molecule has 0 bridgehead atoms. The van der Waals surface area contributed by atoms with E-state index in [1.54, 1.807) is 33.2 Å². The maximum atomic E-state index is 13.5. The van der Waals surface area contributed by atoms with Crippen LogP contribution in [0, 0.1) is 6.92 Å². The number of amides is 1. The fraction of sp³-hybridized carbons (Fsp3) is 0.333. The van der Waals surface area contributed by atoms with Gasteiger partial charge in [0.1, 0.15) is 0 Å². The van der Waals surface area contributed by atoms with Crippen LogP contribution in [-0.2, 0) is 17.5 Å². The molecule has 3 aromatic rings. The summed E-state index contributed by atoms with van der Waals surface area (Å²) >= 11 is 0. The van der Waals surface area contributed by atoms with Crippen molar-refractivity contribution in [1.29, 1.82) is 0 Å². The number of hydrogen-bond acceptors (Lipinski definition) is 6. The SMILES string of the molecule is COCCN(C)Cc1cc(NC(=O)c2ccc(C)nc2-n2ccnn2)cc(C(F)(F)F)c1. The highest BCUT2D eigenvalue weighted by Crippen LogP contribution is 2.32. The van der Waals surface area contributed by atoms with E-state index < -0.39 is 17.6 Å². The normalized spacial score (nSPS) is 11.7. The Hall–Kier alpha value is -3.31. The molecule has 0 fully saturated rings. The topological polar surface area (TPSA) is 85.2 Å². The molecule has 32 heavy (non-hydrogen) atoms. The van der Waals surface area contributed by atoms with E-state index >= 15 is 0 Å². The molecule has 8 nitrogen and oxygen atoms in total. The van der Waals surface area contributed by atoms with Crippen LogP contribution in [-0.4, -0.2) is 58.1 Å². The summed E-state index contributed by atoms with van der Waals surface area (Å²) < 4.78 is 46.7. The first-order valence-electron chi connectivity index (χ1n) is 9.71. The summed E-state index contributed by atoms with van der Waals surface area (Å²) in [5.74, 6) is -0.382. The molecule has 1 N–H and O–H groups in total. The Bertz CT molecular complexity index is 1070. The van der Waals surface area contributed by atoms with E-state index in [9.17, 15) is 18.0 Å².